The molecule has 0 radical (unpaired) electrons. The van der Waals surface area contributed by atoms with Gasteiger partial charge in [-0.3, -0.25) is 25.2 Å². The quantitative estimate of drug-likeness (QED) is 0.332. The molecule has 2 aromatic carbocycles. The maximum atomic E-state index is 12.8. The second-order valence-corrected chi connectivity index (χ2v) is 8.03. The predicted molar refractivity (Wildman–Crippen MR) is 134 cm³/mol. The van der Waals surface area contributed by atoms with Crippen LogP contribution < -0.4 is 16.4 Å². The monoisotopic (exact) mass is 470 g/mol. The van der Waals surface area contributed by atoms with E-state index in [0.29, 0.717) is 23.7 Å². The minimum Gasteiger partial charge on any atom is -0.268 e. The predicted octanol–water partition coefficient (Wildman–Crippen LogP) is 3.08. The van der Waals surface area contributed by atoms with Crippen LogP contribution in [0.4, 0.5) is 0 Å². The van der Waals surface area contributed by atoms with Gasteiger partial charge in [0.1, 0.15) is 0 Å². The highest BCUT2D eigenvalue weighted by Gasteiger charge is 2.17. The molecule has 0 saturated carbocycles. The number of rotatable bonds is 6. The molecule has 178 valence electrons. The summed E-state index contributed by atoms with van der Waals surface area (Å²) in [6.45, 7) is 6.10. The molecule has 0 aliphatic heterocycles. The van der Waals surface area contributed by atoms with Crippen LogP contribution in [-0.2, 0) is 11.3 Å². The Kier molecular flexibility index (Phi) is 6.86. The van der Waals surface area contributed by atoms with Gasteiger partial charge in [0.25, 0.3) is 17.4 Å². The molecule has 0 saturated heterocycles. The molecule has 2 heterocycles. The molecule has 35 heavy (non-hydrogen) atoms. The van der Waals surface area contributed by atoms with Crippen molar-refractivity contribution in [3.63, 3.8) is 0 Å². The fourth-order valence-corrected chi connectivity index (χ4v) is 3.86. The number of hydrogen-bond donors (Lipinski definition) is 2. The third kappa shape index (κ3) is 4.89. The van der Waals surface area contributed by atoms with Crippen LogP contribution in [0.1, 0.15) is 40.8 Å². The van der Waals surface area contributed by atoms with Gasteiger partial charge >= 0.3 is 0 Å². The van der Waals surface area contributed by atoms with E-state index in [2.05, 4.69) is 21.0 Å². The van der Waals surface area contributed by atoms with Crippen molar-refractivity contribution in [2.45, 2.75) is 33.7 Å². The summed E-state index contributed by atoms with van der Waals surface area (Å²) in [6.07, 6.45) is 3.68. The second-order valence-electron chi connectivity index (χ2n) is 8.03. The number of amides is 2. The number of aromatic nitrogens is 4. The number of aryl methyl sites for hydroxylation is 2. The molecule has 0 aliphatic carbocycles. The van der Waals surface area contributed by atoms with E-state index in [0.717, 1.165) is 22.6 Å². The first-order valence-corrected chi connectivity index (χ1v) is 11.3. The fraction of sp³-hybridized carbons (Fsp3) is 0.192. The molecule has 0 unspecified atom stereocenters. The Bertz CT molecular complexity index is 1480. The van der Waals surface area contributed by atoms with Gasteiger partial charge < -0.3 is 0 Å². The van der Waals surface area contributed by atoms with E-state index in [4.69, 9.17) is 0 Å². The average molecular weight is 471 g/mol. The van der Waals surface area contributed by atoms with E-state index in [-0.39, 0.29) is 11.3 Å². The van der Waals surface area contributed by atoms with Crippen molar-refractivity contribution in [3.8, 4) is 5.69 Å². The number of nitrogens with one attached hydrogen (secondary N) is 2. The Balaban J connectivity index is 1.50. The van der Waals surface area contributed by atoms with Crippen molar-refractivity contribution in [2.75, 3.05) is 0 Å². The lowest BCUT2D eigenvalue weighted by atomic mass is 10.1. The van der Waals surface area contributed by atoms with Crippen LogP contribution >= 0.6 is 0 Å². The van der Waals surface area contributed by atoms with Gasteiger partial charge in [-0.25, -0.2) is 9.36 Å². The van der Waals surface area contributed by atoms with Crippen LogP contribution in [-0.4, -0.2) is 31.4 Å². The molecular formula is C26H26N6O3. The average Bonchev–Trinajstić information content (AvgIpc) is 3.16. The van der Waals surface area contributed by atoms with Crippen molar-refractivity contribution < 1.29 is 9.59 Å². The number of benzene rings is 2. The highest BCUT2D eigenvalue weighted by Crippen LogP contribution is 2.19. The van der Waals surface area contributed by atoms with Crippen LogP contribution in [0.5, 0.6) is 0 Å². The summed E-state index contributed by atoms with van der Waals surface area (Å²) in [6, 6.07) is 16.5. The molecule has 0 fully saturated rings. The largest absolute Gasteiger partial charge is 0.290 e. The zero-order valence-electron chi connectivity index (χ0n) is 19.8. The van der Waals surface area contributed by atoms with Crippen LogP contribution in [0.25, 0.3) is 22.5 Å². The summed E-state index contributed by atoms with van der Waals surface area (Å²) in [4.78, 5) is 37.9. The summed E-state index contributed by atoms with van der Waals surface area (Å²) in [7, 11) is 0. The van der Waals surface area contributed by atoms with Crippen molar-refractivity contribution in [2.24, 2.45) is 0 Å². The lowest BCUT2D eigenvalue weighted by Gasteiger charge is -2.10. The second kappa shape index (κ2) is 10.2. The summed E-state index contributed by atoms with van der Waals surface area (Å²) in [5, 5.41) is 9.61. The van der Waals surface area contributed by atoms with Crippen LogP contribution in [0, 0.1) is 13.8 Å². The van der Waals surface area contributed by atoms with Gasteiger partial charge in [-0.2, -0.15) is 10.2 Å². The van der Waals surface area contributed by atoms with Gasteiger partial charge in [-0.05, 0) is 44.5 Å². The van der Waals surface area contributed by atoms with E-state index >= 15 is 0 Å². The lowest BCUT2D eigenvalue weighted by molar-refractivity contribution is -0.117. The zero-order valence-corrected chi connectivity index (χ0v) is 19.8. The SMILES string of the molecule is CCCn1nc(C(=O)NNC(=O)/C=C/c2c(C)nn(-c3ccccc3)c2C)c2ccccc2c1=O. The summed E-state index contributed by atoms with van der Waals surface area (Å²) in [5.41, 5.74) is 7.97. The van der Waals surface area contributed by atoms with Crippen LogP contribution in [0.3, 0.4) is 0 Å². The molecule has 0 atom stereocenters. The fourth-order valence-electron chi connectivity index (χ4n) is 3.86. The van der Waals surface area contributed by atoms with Crippen molar-refractivity contribution >= 4 is 28.7 Å². The Hall–Kier alpha value is -4.53. The van der Waals surface area contributed by atoms with Crippen LogP contribution in [0.2, 0.25) is 0 Å². The third-order valence-corrected chi connectivity index (χ3v) is 5.57. The molecule has 2 N–H and O–H groups in total. The maximum absolute atomic E-state index is 12.8. The van der Waals surface area contributed by atoms with E-state index in [1.165, 1.54) is 10.8 Å². The number of hydrogen-bond acceptors (Lipinski definition) is 5. The normalized spacial score (nSPS) is 11.2. The standard InChI is InChI=1S/C26H26N6O3/c1-4-16-31-26(35)22-13-9-8-12-21(22)24(30-31)25(34)28-27-23(33)15-14-20-17(2)29-32(18(20)3)19-10-6-5-7-11-19/h5-15H,4,16H2,1-3H3,(H,27,33)(H,28,34)/b15-14+. The first-order chi connectivity index (χ1) is 16.9. The van der Waals surface area contributed by atoms with Crippen LogP contribution in [0.15, 0.2) is 65.5 Å². The Morgan fingerprint density at radius 1 is 0.943 bits per heavy atom. The molecule has 2 aromatic heterocycles. The number of fused-ring (bicyclic) bond motifs is 1. The molecule has 0 spiro atoms. The summed E-state index contributed by atoms with van der Waals surface area (Å²) < 4.78 is 3.09. The van der Waals surface area contributed by atoms with E-state index in [1.807, 2.05) is 55.8 Å². The number of hydrazine groups is 1. The number of carbonyl (C=O) groups excluding carboxylic acids is 2. The van der Waals surface area contributed by atoms with Crippen molar-refractivity contribution in [1.29, 1.82) is 0 Å². The number of nitrogens with zero attached hydrogens (tertiary/aromatic N) is 4. The zero-order chi connectivity index (χ0) is 24.9. The van der Waals surface area contributed by atoms with E-state index in [1.54, 1.807) is 30.3 Å². The molecule has 4 rings (SSSR count). The molecule has 9 nitrogen and oxygen atoms in total. The molecule has 0 bridgehead atoms. The highest BCUT2D eigenvalue weighted by atomic mass is 16.2. The maximum Gasteiger partial charge on any atom is 0.290 e. The molecule has 2 amide bonds. The molecular weight excluding hydrogens is 444 g/mol. The first-order valence-electron chi connectivity index (χ1n) is 11.3. The van der Waals surface area contributed by atoms with Gasteiger partial charge in [0.15, 0.2) is 5.69 Å². The van der Waals surface area contributed by atoms with E-state index in [9.17, 15) is 14.4 Å². The van der Waals surface area contributed by atoms with Crippen molar-refractivity contribution in [3.05, 3.63) is 93.7 Å². The Morgan fingerprint density at radius 2 is 1.63 bits per heavy atom. The topological polar surface area (TPSA) is 111 Å². The number of para-hydroxylation sites is 1. The van der Waals surface area contributed by atoms with Crippen molar-refractivity contribution in [1.82, 2.24) is 30.4 Å². The van der Waals surface area contributed by atoms with Gasteiger partial charge in [0, 0.05) is 29.3 Å². The van der Waals surface area contributed by atoms with Gasteiger partial charge in [0.05, 0.1) is 16.8 Å². The lowest BCUT2D eigenvalue weighted by Crippen LogP contribution is -2.42. The molecule has 9 heteroatoms. The summed E-state index contributed by atoms with van der Waals surface area (Å²) >= 11 is 0. The van der Waals surface area contributed by atoms with Gasteiger partial charge in [0.2, 0.25) is 0 Å². The Labute approximate surface area is 202 Å². The Morgan fingerprint density at radius 3 is 2.34 bits per heavy atom. The van der Waals surface area contributed by atoms with Gasteiger partial charge in [-0.1, -0.05) is 43.3 Å². The molecule has 4 aromatic rings. The van der Waals surface area contributed by atoms with E-state index < -0.39 is 11.8 Å². The minimum atomic E-state index is -0.614. The number of carbonyl (C=O) groups is 2. The van der Waals surface area contributed by atoms with Gasteiger partial charge in [-0.15, -0.1) is 0 Å². The first kappa shape index (κ1) is 23.6. The minimum absolute atomic E-state index is 0.0637. The molecule has 0 aliphatic rings. The highest BCUT2D eigenvalue weighted by molar-refractivity contribution is 6.05. The summed E-state index contributed by atoms with van der Waals surface area (Å²) in [5.74, 6) is -1.13. The smallest absolute Gasteiger partial charge is 0.268 e. The third-order valence-electron chi connectivity index (χ3n) is 5.57.